The maximum Gasteiger partial charge on any atom is 0.101 e. The van der Waals surface area contributed by atoms with Gasteiger partial charge >= 0.3 is 0 Å². The van der Waals surface area contributed by atoms with Crippen molar-refractivity contribution in [3.63, 3.8) is 0 Å². The van der Waals surface area contributed by atoms with E-state index in [4.69, 9.17) is 21.5 Å². The number of nitrogens with one attached hydrogen (secondary N) is 1. The molecule has 2 atom stereocenters. The molecule has 78 valence electrons. The number of hydroxylamine groups is 1. The second kappa shape index (κ2) is 5.32. The molecule has 1 aromatic rings. The number of halogens is 1. The minimum atomic E-state index is -0.256. The zero-order valence-corrected chi connectivity index (χ0v) is 8.95. The van der Waals surface area contributed by atoms with Crippen molar-refractivity contribution in [2.45, 2.75) is 19.1 Å². The van der Waals surface area contributed by atoms with Crippen LogP contribution in [0.15, 0.2) is 24.3 Å². The minimum absolute atomic E-state index is 0.208. The first-order chi connectivity index (χ1) is 6.70. The Morgan fingerprint density at radius 1 is 1.43 bits per heavy atom. The number of rotatable bonds is 4. The molecule has 1 aromatic carbocycles. The zero-order valence-electron chi connectivity index (χ0n) is 8.20. The highest BCUT2D eigenvalue weighted by atomic mass is 35.5. The second-order valence-electron chi connectivity index (χ2n) is 3.10. The molecule has 4 heteroatoms. The predicted molar refractivity (Wildman–Crippen MR) is 55.6 cm³/mol. The van der Waals surface area contributed by atoms with Gasteiger partial charge in [-0.25, -0.2) is 0 Å². The summed E-state index contributed by atoms with van der Waals surface area (Å²) in [5, 5.41) is 9.46. The Kier molecular flexibility index (Phi) is 4.35. The molecule has 0 spiro atoms. The van der Waals surface area contributed by atoms with Gasteiger partial charge in [0.05, 0.1) is 6.04 Å². The van der Waals surface area contributed by atoms with Crippen molar-refractivity contribution in [3.05, 3.63) is 34.9 Å². The summed E-state index contributed by atoms with van der Waals surface area (Å²) in [7, 11) is 1.59. The molecule has 0 radical (unpaired) electrons. The summed E-state index contributed by atoms with van der Waals surface area (Å²) in [6.07, 6.45) is -0.256. The molecule has 0 saturated heterocycles. The summed E-state index contributed by atoms with van der Waals surface area (Å²) in [5.41, 5.74) is 3.02. The maximum atomic E-state index is 8.82. The van der Waals surface area contributed by atoms with Crippen LogP contribution in [0.5, 0.6) is 0 Å². The fraction of sp³-hybridized carbons (Fsp3) is 0.400. The fourth-order valence-electron chi connectivity index (χ4n) is 1.37. The molecule has 0 unspecified atom stereocenters. The van der Waals surface area contributed by atoms with Gasteiger partial charge in [0.15, 0.2) is 0 Å². The highest BCUT2D eigenvalue weighted by Crippen LogP contribution is 2.27. The van der Waals surface area contributed by atoms with Crippen LogP contribution in [0, 0.1) is 0 Å². The van der Waals surface area contributed by atoms with Crippen molar-refractivity contribution >= 4 is 11.6 Å². The van der Waals surface area contributed by atoms with Crippen molar-refractivity contribution in [1.29, 1.82) is 0 Å². The van der Waals surface area contributed by atoms with Gasteiger partial charge in [-0.05, 0) is 13.0 Å². The molecule has 0 aromatic heterocycles. The Labute approximate surface area is 88.6 Å². The van der Waals surface area contributed by atoms with E-state index in [1.807, 2.05) is 25.1 Å². The van der Waals surface area contributed by atoms with Crippen molar-refractivity contribution in [3.8, 4) is 0 Å². The molecular formula is C10H14ClNO2. The Morgan fingerprint density at radius 2 is 2.07 bits per heavy atom. The second-order valence-corrected chi connectivity index (χ2v) is 3.50. The Hall–Kier alpha value is -0.610. The first kappa shape index (κ1) is 11.5. The lowest BCUT2D eigenvalue weighted by atomic mass is 10.0. The number of hydrogen-bond acceptors (Lipinski definition) is 3. The monoisotopic (exact) mass is 215 g/mol. The van der Waals surface area contributed by atoms with E-state index in [2.05, 4.69) is 5.48 Å². The number of benzene rings is 1. The molecular weight excluding hydrogens is 202 g/mol. The van der Waals surface area contributed by atoms with Gasteiger partial charge < -0.3 is 9.94 Å². The summed E-state index contributed by atoms with van der Waals surface area (Å²) in [4.78, 5) is 0. The summed E-state index contributed by atoms with van der Waals surface area (Å²) in [5.74, 6) is 0. The summed E-state index contributed by atoms with van der Waals surface area (Å²) >= 11 is 6.01. The van der Waals surface area contributed by atoms with E-state index in [1.54, 1.807) is 13.2 Å². The van der Waals surface area contributed by atoms with E-state index in [1.165, 1.54) is 0 Å². The van der Waals surface area contributed by atoms with Gasteiger partial charge in [-0.2, -0.15) is 5.48 Å². The largest absolute Gasteiger partial charge is 0.375 e. The van der Waals surface area contributed by atoms with Gasteiger partial charge in [0.1, 0.15) is 6.10 Å². The Bertz CT molecular complexity index is 293. The normalized spacial score (nSPS) is 15.1. The van der Waals surface area contributed by atoms with Crippen molar-refractivity contribution in [1.82, 2.24) is 5.48 Å². The molecule has 0 aliphatic heterocycles. The maximum absolute atomic E-state index is 8.82. The molecule has 0 saturated carbocycles. The molecule has 0 aliphatic rings. The predicted octanol–water partition coefficient (Wildman–Crippen LogP) is 2.39. The molecule has 2 N–H and O–H groups in total. The van der Waals surface area contributed by atoms with Gasteiger partial charge in [-0.15, -0.1) is 0 Å². The van der Waals surface area contributed by atoms with Crippen LogP contribution in [0.3, 0.4) is 0 Å². The van der Waals surface area contributed by atoms with Crippen LogP contribution in [0.25, 0.3) is 0 Å². The Morgan fingerprint density at radius 3 is 2.57 bits per heavy atom. The molecule has 0 amide bonds. The van der Waals surface area contributed by atoms with Crippen molar-refractivity contribution in [2.24, 2.45) is 0 Å². The van der Waals surface area contributed by atoms with Crippen LogP contribution in [-0.4, -0.2) is 18.4 Å². The third-order valence-electron chi connectivity index (χ3n) is 2.12. The van der Waals surface area contributed by atoms with Crippen molar-refractivity contribution in [2.75, 3.05) is 7.11 Å². The van der Waals surface area contributed by atoms with Gasteiger partial charge in [0, 0.05) is 17.7 Å². The summed E-state index contributed by atoms with van der Waals surface area (Å²) < 4.78 is 5.26. The van der Waals surface area contributed by atoms with Gasteiger partial charge in [-0.1, -0.05) is 29.8 Å². The lowest BCUT2D eigenvalue weighted by molar-refractivity contribution is 0.0172. The first-order valence-electron chi connectivity index (χ1n) is 4.37. The lowest BCUT2D eigenvalue weighted by Crippen LogP contribution is -2.30. The summed E-state index contributed by atoms with van der Waals surface area (Å²) in [6.45, 7) is 1.82. The summed E-state index contributed by atoms with van der Waals surface area (Å²) in [6, 6.07) is 7.21. The fourth-order valence-corrected chi connectivity index (χ4v) is 1.62. The van der Waals surface area contributed by atoms with E-state index >= 15 is 0 Å². The van der Waals surface area contributed by atoms with Crippen LogP contribution < -0.4 is 5.48 Å². The average molecular weight is 216 g/mol. The van der Waals surface area contributed by atoms with Gasteiger partial charge in [0.2, 0.25) is 0 Å². The number of ether oxygens (including phenoxy) is 1. The lowest BCUT2D eigenvalue weighted by Gasteiger charge is -2.22. The van der Waals surface area contributed by atoms with Crippen LogP contribution in [-0.2, 0) is 4.74 Å². The SMILES string of the molecule is CO[C@H](c1ccccc1Cl)[C@@H](C)NO. The van der Waals surface area contributed by atoms with E-state index in [9.17, 15) is 0 Å². The number of methoxy groups -OCH3 is 1. The molecule has 0 aliphatic carbocycles. The standard InChI is InChI=1S/C10H14ClNO2/c1-7(12-13)10(14-2)8-5-3-4-6-9(8)11/h3-7,10,12-13H,1-2H3/t7-,10+/m1/s1. The smallest absolute Gasteiger partial charge is 0.101 e. The van der Waals surface area contributed by atoms with E-state index in [0.717, 1.165) is 5.56 Å². The molecule has 3 nitrogen and oxygen atoms in total. The van der Waals surface area contributed by atoms with Crippen molar-refractivity contribution < 1.29 is 9.94 Å². The molecule has 1 rings (SSSR count). The molecule has 0 bridgehead atoms. The highest BCUT2D eigenvalue weighted by molar-refractivity contribution is 6.31. The van der Waals surface area contributed by atoms with Gasteiger partial charge in [-0.3, -0.25) is 0 Å². The minimum Gasteiger partial charge on any atom is -0.375 e. The first-order valence-corrected chi connectivity index (χ1v) is 4.75. The van der Waals surface area contributed by atoms with Crippen LogP contribution in [0.1, 0.15) is 18.6 Å². The third kappa shape index (κ3) is 2.45. The van der Waals surface area contributed by atoms with Crippen LogP contribution in [0.4, 0.5) is 0 Å². The quantitative estimate of drug-likeness (QED) is 0.758. The average Bonchev–Trinajstić information content (AvgIpc) is 2.21. The molecule has 14 heavy (non-hydrogen) atoms. The highest BCUT2D eigenvalue weighted by Gasteiger charge is 2.20. The molecule has 0 heterocycles. The molecule has 0 fully saturated rings. The van der Waals surface area contributed by atoms with Crippen LogP contribution >= 0.6 is 11.6 Å². The van der Waals surface area contributed by atoms with Gasteiger partial charge in [0.25, 0.3) is 0 Å². The topological polar surface area (TPSA) is 41.5 Å². The van der Waals surface area contributed by atoms with E-state index in [0.29, 0.717) is 5.02 Å². The van der Waals surface area contributed by atoms with Crippen LogP contribution in [0.2, 0.25) is 5.02 Å². The van der Waals surface area contributed by atoms with E-state index in [-0.39, 0.29) is 12.1 Å². The number of hydrogen-bond donors (Lipinski definition) is 2. The Balaban J connectivity index is 2.94. The third-order valence-corrected chi connectivity index (χ3v) is 2.47. The zero-order chi connectivity index (χ0) is 10.6. The van der Waals surface area contributed by atoms with E-state index < -0.39 is 0 Å².